The van der Waals surface area contributed by atoms with Crippen LogP contribution >= 0.6 is 0 Å². The molecule has 32 heavy (non-hydrogen) atoms. The van der Waals surface area contributed by atoms with E-state index in [4.69, 9.17) is 0 Å². The number of carbonyl (C=O) groups is 2. The number of rotatable bonds is 7. The number of anilines is 1. The predicted molar refractivity (Wildman–Crippen MR) is 112 cm³/mol. The summed E-state index contributed by atoms with van der Waals surface area (Å²) in [6.07, 6.45) is -4.58. The van der Waals surface area contributed by atoms with Gasteiger partial charge in [0.05, 0.1) is 11.1 Å². The molecular weight excluding hydrogens is 424 g/mol. The molecule has 3 aromatic rings. The molecule has 0 saturated heterocycles. The zero-order valence-electron chi connectivity index (χ0n) is 16.9. The van der Waals surface area contributed by atoms with Crippen LogP contribution in [0.2, 0.25) is 0 Å². The van der Waals surface area contributed by atoms with Crippen molar-refractivity contribution < 1.29 is 27.2 Å². The lowest BCUT2D eigenvalue weighted by molar-refractivity contribution is -0.137. The summed E-state index contributed by atoms with van der Waals surface area (Å²) >= 11 is 0. The fraction of sp³-hybridized carbons (Fsp3) is 0.167. The van der Waals surface area contributed by atoms with Crippen LogP contribution in [0.4, 0.5) is 23.2 Å². The van der Waals surface area contributed by atoms with Crippen LogP contribution in [0.5, 0.6) is 0 Å². The van der Waals surface area contributed by atoms with Gasteiger partial charge in [-0.15, -0.1) is 0 Å². The second-order valence-electron chi connectivity index (χ2n) is 7.07. The van der Waals surface area contributed by atoms with Crippen LogP contribution in [0.1, 0.15) is 27.9 Å². The average Bonchev–Trinajstić information content (AvgIpc) is 2.77. The first-order valence-electron chi connectivity index (χ1n) is 9.79. The number of amides is 2. The summed E-state index contributed by atoms with van der Waals surface area (Å²) in [6.45, 7) is 0.163. The first-order chi connectivity index (χ1) is 15.2. The number of hydrogen-bond acceptors (Lipinski definition) is 2. The first-order valence-corrected chi connectivity index (χ1v) is 9.79. The normalized spacial score (nSPS) is 11.1. The Hall–Kier alpha value is -3.68. The van der Waals surface area contributed by atoms with Crippen LogP contribution in [0.25, 0.3) is 0 Å². The first kappa shape index (κ1) is 23.0. The second kappa shape index (κ2) is 10.1. The van der Waals surface area contributed by atoms with Crippen LogP contribution in [0.15, 0.2) is 78.9 Å². The van der Waals surface area contributed by atoms with Gasteiger partial charge in [0.25, 0.3) is 5.91 Å². The molecule has 0 aromatic heterocycles. The van der Waals surface area contributed by atoms with Gasteiger partial charge in [0.15, 0.2) is 0 Å². The zero-order chi connectivity index (χ0) is 23.1. The standard InChI is InChI=1S/C24H20F4N2O2/c25-21-9-5-4-8-20(21)23(32)30(16-17-6-2-1-3-7-17)15-14-22(31)29-19-12-10-18(11-13-19)24(26,27)28/h1-13H,14-16H2,(H,29,31). The number of hydrogen-bond donors (Lipinski definition) is 1. The van der Waals surface area contributed by atoms with Gasteiger partial charge in [-0.3, -0.25) is 9.59 Å². The quantitative estimate of drug-likeness (QED) is 0.488. The molecule has 0 aliphatic heterocycles. The number of alkyl halides is 3. The van der Waals surface area contributed by atoms with Gasteiger partial charge in [-0.1, -0.05) is 42.5 Å². The van der Waals surface area contributed by atoms with Crippen molar-refractivity contribution >= 4 is 17.5 Å². The molecule has 3 rings (SSSR count). The molecule has 0 saturated carbocycles. The van der Waals surface area contributed by atoms with Crippen molar-refractivity contribution in [2.45, 2.75) is 19.1 Å². The van der Waals surface area contributed by atoms with E-state index in [9.17, 15) is 27.2 Å². The van der Waals surface area contributed by atoms with Crippen LogP contribution in [-0.2, 0) is 17.5 Å². The average molecular weight is 444 g/mol. The third-order valence-corrected chi connectivity index (χ3v) is 4.71. The summed E-state index contributed by atoms with van der Waals surface area (Å²) in [6, 6.07) is 18.7. The SMILES string of the molecule is O=C(CCN(Cc1ccccc1)C(=O)c1ccccc1F)Nc1ccc(C(F)(F)F)cc1. The summed E-state index contributed by atoms with van der Waals surface area (Å²) in [7, 11) is 0. The molecule has 3 aromatic carbocycles. The summed E-state index contributed by atoms with van der Waals surface area (Å²) in [5.74, 6) is -1.71. The van der Waals surface area contributed by atoms with Gasteiger partial charge in [-0.05, 0) is 42.0 Å². The third kappa shape index (κ3) is 6.16. The third-order valence-electron chi connectivity index (χ3n) is 4.71. The van der Waals surface area contributed by atoms with Gasteiger partial charge in [0, 0.05) is 25.2 Å². The van der Waals surface area contributed by atoms with E-state index in [1.807, 2.05) is 18.2 Å². The molecule has 8 heteroatoms. The maximum atomic E-state index is 14.1. The molecule has 0 atom stereocenters. The number of halogens is 4. The largest absolute Gasteiger partial charge is 0.416 e. The van der Waals surface area contributed by atoms with E-state index in [2.05, 4.69) is 5.32 Å². The summed E-state index contributed by atoms with van der Waals surface area (Å²) in [4.78, 5) is 26.6. The molecular formula is C24H20F4N2O2. The number of nitrogens with zero attached hydrogens (tertiary/aromatic N) is 1. The van der Waals surface area contributed by atoms with E-state index in [0.29, 0.717) is 0 Å². The molecule has 1 N–H and O–H groups in total. The van der Waals surface area contributed by atoms with E-state index in [0.717, 1.165) is 29.8 Å². The Morgan fingerprint density at radius 2 is 1.47 bits per heavy atom. The molecule has 0 bridgehead atoms. The van der Waals surface area contributed by atoms with Gasteiger partial charge in [0.1, 0.15) is 5.82 Å². The molecule has 2 amide bonds. The lowest BCUT2D eigenvalue weighted by atomic mass is 10.1. The fourth-order valence-electron chi connectivity index (χ4n) is 3.06. The van der Waals surface area contributed by atoms with E-state index in [-0.39, 0.29) is 30.8 Å². The highest BCUT2D eigenvalue weighted by atomic mass is 19.4. The Morgan fingerprint density at radius 1 is 0.844 bits per heavy atom. The van der Waals surface area contributed by atoms with Gasteiger partial charge in [-0.25, -0.2) is 4.39 Å². The van der Waals surface area contributed by atoms with Gasteiger partial charge in [-0.2, -0.15) is 13.2 Å². The summed E-state index contributed by atoms with van der Waals surface area (Å²) in [5, 5.41) is 2.51. The second-order valence-corrected chi connectivity index (χ2v) is 7.07. The number of benzene rings is 3. The van der Waals surface area contributed by atoms with E-state index in [1.54, 1.807) is 18.2 Å². The fourth-order valence-corrected chi connectivity index (χ4v) is 3.06. The molecule has 0 aliphatic carbocycles. The van der Waals surface area contributed by atoms with Crippen molar-refractivity contribution in [3.8, 4) is 0 Å². The van der Waals surface area contributed by atoms with Crippen LogP contribution < -0.4 is 5.32 Å². The lowest BCUT2D eigenvalue weighted by Crippen LogP contribution is -2.34. The van der Waals surface area contributed by atoms with Crippen molar-refractivity contribution in [3.05, 3.63) is 101 Å². The molecule has 0 unspecified atom stereocenters. The lowest BCUT2D eigenvalue weighted by Gasteiger charge is -2.23. The minimum Gasteiger partial charge on any atom is -0.334 e. The smallest absolute Gasteiger partial charge is 0.334 e. The Kier molecular flexibility index (Phi) is 7.25. The van der Waals surface area contributed by atoms with Crippen LogP contribution in [-0.4, -0.2) is 23.3 Å². The highest BCUT2D eigenvalue weighted by Gasteiger charge is 2.30. The minimum atomic E-state index is -4.46. The van der Waals surface area contributed by atoms with Crippen molar-refractivity contribution in [1.29, 1.82) is 0 Å². The highest BCUT2D eigenvalue weighted by Crippen LogP contribution is 2.29. The van der Waals surface area contributed by atoms with Crippen molar-refractivity contribution in [2.24, 2.45) is 0 Å². The van der Waals surface area contributed by atoms with E-state index in [1.165, 1.54) is 23.1 Å². The topological polar surface area (TPSA) is 49.4 Å². The molecule has 0 aliphatic rings. The Balaban J connectivity index is 1.68. The maximum Gasteiger partial charge on any atom is 0.416 e. The monoisotopic (exact) mass is 444 g/mol. The predicted octanol–water partition coefficient (Wildman–Crippen LogP) is 5.52. The Morgan fingerprint density at radius 3 is 2.09 bits per heavy atom. The molecule has 0 fully saturated rings. The molecule has 0 spiro atoms. The molecule has 4 nitrogen and oxygen atoms in total. The van der Waals surface area contributed by atoms with Crippen molar-refractivity contribution in [1.82, 2.24) is 4.90 Å². The van der Waals surface area contributed by atoms with Gasteiger partial charge in [0.2, 0.25) is 5.91 Å². The van der Waals surface area contributed by atoms with Gasteiger partial charge >= 0.3 is 6.18 Å². The van der Waals surface area contributed by atoms with Crippen LogP contribution in [0, 0.1) is 5.82 Å². The van der Waals surface area contributed by atoms with E-state index < -0.39 is 29.4 Å². The van der Waals surface area contributed by atoms with Crippen LogP contribution in [0.3, 0.4) is 0 Å². The summed E-state index contributed by atoms with van der Waals surface area (Å²) < 4.78 is 52.1. The summed E-state index contributed by atoms with van der Waals surface area (Å²) in [5.41, 5.74) is 0.0879. The van der Waals surface area contributed by atoms with E-state index >= 15 is 0 Å². The number of carbonyl (C=O) groups excluding carboxylic acids is 2. The van der Waals surface area contributed by atoms with Crippen molar-refractivity contribution in [3.63, 3.8) is 0 Å². The Bertz CT molecular complexity index is 1070. The van der Waals surface area contributed by atoms with Gasteiger partial charge < -0.3 is 10.2 Å². The molecule has 0 radical (unpaired) electrons. The maximum absolute atomic E-state index is 14.1. The zero-order valence-corrected chi connectivity index (χ0v) is 16.9. The molecule has 166 valence electrons. The Labute approximate surface area is 182 Å². The van der Waals surface area contributed by atoms with Crippen molar-refractivity contribution in [2.75, 3.05) is 11.9 Å². The number of nitrogens with one attached hydrogen (secondary N) is 1. The minimum absolute atomic E-state index is 0.00543. The molecule has 0 heterocycles. The highest BCUT2D eigenvalue weighted by molar-refractivity contribution is 5.95.